The highest BCUT2D eigenvalue weighted by atomic mass is 16.7. The van der Waals surface area contributed by atoms with Crippen molar-refractivity contribution in [2.75, 3.05) is 12.1 Å². The van der Waals surface area contributed by atoms with Crippen molar-refractivity contribution in [1.29, 1.82) is 5.26 Å². The molecule has 1 aliphatic heterocycles. The van der Waals surface area contributed by atoms with E-state index in [1.165, 1.54) is 17.1 Å². The van der Waals surface area contributed by atoms with Gasteiger partial charge in [0.2, 0.25) is 6.79 Å². The molecular formula is C18H12N6O3. The molecule has 1 aromatic heterocycles. The van der Waals surface area contributed by atoms with Crippen LogP contribution in [0.15, 0.2) is 54.4 Å². The SMILES string of the molecule is N#C/C(=C\c1ccc2c(c1)OCO2)C(=O)Nc1cccc(-n2cnnn2)c1. The quantitative estimate of drug-likeness (QED) is 0.558. The summed E-state index contributed by atoms with van der Waals surface area (Å²) in [6, 6.07) is 14.1. The van der Waals surface area contributed by atoms with Crippen LogP contribution in [0.1, 0.15) is 5.56 Å². The largest absolute Gasteiger partial charge is 0.454 e. The standard InChI is InChI=1S/C18H12N6O3/c19-9-13(6-12-4-5-16-17(7-12)27-11-26-16)18(25)21-14-2-1-3-15(8-14)24-10-20-22-23-24/h1-8,10H,11H2,(H,21,25)/b13-6+. The van der Waals surface area contributed by atoms with Gasteiger partial charge in [0.05, 0.1) is 5.69 Å². The maximum atomic E-state index is 12.5. The van der Waals surface area contributed by atoms with Crippen LogP contribution in [-0.4, -0.2) is 32.9 Å². The second kappa shape index (κ2) is 6.97. The number of anilines is 1. The van der Waals surface area contributed by atoms with Gasteiger partial charge in [0.1, 0.15) is 18.0 Å². The number of carbonyl (C=O) groups is 1. The summed E-state index contributed by atoms with van der Waals surface area (Å²) < 4.78 is 12.0. The molecule has 0 saturated heterocycles. The zero-order chi connectivity index (χ0) is 18.6. The van der Waals surface area contributed by atoms with Gasteiger partial charge in [-0.1, -0.05) is 12.1 Å². The van der Waals surface area contributed by atoms with Crippen molar-refractivity contribution in [3.8, 4) is 23.3 Å². The molecule has 0 bridgehead atoms. The van der Waals surface area contributed by atoms with Crippen LogP contribution in [0.5, 0.6) is 11.5 Å². The fourth-order valence-electron chi connectivity index (χ4n) is 2.52. The van der Waals surface area contributed by atoms with Gasteiger partial charge in [-0.05, 0) is 52.4 Å². The first kappa shape index (κ1) is 16.3. The maximum Gasteiger partial charge on any atom is 0.266 e. The van der Waals surface area contributed by atoms with Gasteiger partial charge in [-0.3, -0.25) is 4.79 Å². The van der Waals surface area contributed by atoms with Crippen LogP contribution in [-0.2, 0) is 4.79 Å². The molecule has 1 amide bonds. The molecule has 0 aliphatic carbocycles. The Balaban J connectivity index is 1.54. The van der Waals surface area contributed by atoms with Crippen molar-refractivity contribution in [2.24, 2.45) is 0 Å². The molecule has 2 heterocycles. The van der Waals surface area contributed by atoms with E-state index < -0.39 is 5.91 Å². The fourth-order valence-corrected chi connectivity index (χ4v) is 2.52. The lowest BCUT2D eigenvalue weighted by Crippen LogP contribution is -2.13. The highest BCUT2D eigenvalue weighted by molar-refractivity contribution is 6.09. The molecule has 0 fully saturated rings. The zero-order valence-corrected chi connectivity index (χ0v) is 13.9. The van der Waals surface area contributed by atoms with Crippen molar-refractivity contribution in [3.63, 3.8) is 0 Å². The van der Waals surface area contributed by atoms with Crippen LogP contribution in [0, 0.1) is 11.3 Å². The number of fused-ring (bicyclic) bond motifs is 1. The van der Waals surface area contributed by atoms with Gasteiger partial charge in [0.15, 0.2) is 11.5 Å². The molecule has 132 valence electrons. The number of hydrogen-bond donors (Lipinski definition) is 1. The van der Waals surface area contributed by atoms with Gasteiger partial charge in [-0.15, -0.1) is 5.10 Å². The van der Waals surface area contributed by atoms with E-state index in [9.17, 15) is 10.1 Å². The highest BCUT2D eigenvalue weighted by Gasteiger charge is 2.14. The molecule has 9 nitrogen and oxygen atoms in total. The Bertz CT molecular complexity index is 1070. The first-order valence-electron chi connectivity index (χ1n) is 7.89. The number of nitrogens with zero attached hydrogens (tertiary/aromatic N) is 5. The first-order chi connectivity index (χ1) is 13.2. The summed E-state index contributed by atoms with van der Waals surface area (Å²) in [5.41, 5.74) is 1.81. The third kappa shape index (κ3) is 3.45. The van der Waals surface area contributed by atoms with E-state index in [2.05, 4.69) is 20.8 Å². The summed E-state index contributed by atoms with van der Waals surface area (Å²) in [4.78, 5) is 12.5. The third-order valence-electron chi connectivity index (χ3n) is 3.79. The Kier molecular flexibility index (Phi) is 4.20. The average Bonchev–Trinajstić information content (AvgIpc) is 3.37. The Hall–Kier alpha value is -4.19. The van der Waals surface area contributed by atoms with E-state index in [0.29, 0.717) is 28.4 Å². The number of ether oxygens (including phenoxy) is 2. The smallest absolute Gasteiger partial charge is 0.266 e. The minimum Gasteiger partial charge on any atom is -0.454 e. The number of aromatic nitrogens is 4. The van der Waals surface area contributed by atoms with E-state index in [1.54, 1.807) is 42.5 Å². The van der Waals surface area contributed by atoms with Crippen molar-refractivity contribution < 1.29 is 14.3 Å². The molecule has 3 aromatic rings. The van der Waals surface area contributed by atoms with E-state index in [-0.39, 0.29) is 12.4 Å². The van der Waals surface area contributed by atoms with Gasteiger partial charge in [-0.2, -0.15) is 5.26 Å². The normalized spacial score (nSPS) is 12.5. The topological polar surface area (TPSA) is 115 Å². The molecule has 0 spiro atoms. The highest BCUT2D eigenvalue weighted by Crippen LogP contribution is 2.33. The number of nitrogens with one attached hydrogen (secondary N) is 1. The number of rotatable bonds is 4. The molecule has 1 aliphatic rings. The lowest BCUT2D eigenvalue weighted by molar-refractivity contribution is -0.112. The third-order valence-corrected chi connectivity index (χ3v) is 3.79. The molecule has 9 heteroatoms. The van der Waals surface area contributed by atoms with Crippen LogP contribution in [0.3, 0.4) is 0 Å². The maximum absolute atomic E-state index is 12.5. The number of amides is 1. The van der Waals surface area contributed by atoms with Crippen molar-refractivity contribution >= 4 is 17.7 Å². The summed E-state index contributed by atoms with van der Waals surface area (Å²) in [7, 11) is 0. The summed E-state index contributed by atoms with van der Waals surface area (Å²) in [5, 5.41) is 23.0. The molecule has 2 aromatic carbocycles. The van der Waals surface area contributed by atoms with Gasteiger partial charge in [0.25, 0.3) is 5.91 Å². The molecule has 0 saturated carbocycles. The molecule has 0 atom stereocenters. The number of carbonyl (C=O) groups excluding carboxylic acids is 1. The number of tetrazole rings is 1. The number of hydrogen-bond acceptors (Lipinski definition) is 7. The predicted molar refractivity (Wildman–Crippen MR) is 93.9 cm³/mol. The molecule has 1 N–H and O–H groups in total. The van der Waals surface area contributed by atoms with Crippen LogP contribution >= 0.6 is 0 Å². The Morgan fingerprint density at radius 3 is 2.93 bits per heavy atom. The zero-order valence-electron chi connectivity index (χ0n) is 13.9. The first-order valence-corrected chi connectivity index (χ1v) is 7.89. The van der Waals surface area contributed by atoms with Gasteiger partial charge >= 0.3 is 0 Å². The van der Waals surface area contributed by atoms with Crippen molar-refractivity contribution in [3.05, 3.63) is 59.9 Å². The van der Waals surface area contributed by atoms with Crippen molar-refractivity contribution in [1.82, 2.24) is 20.2 Å². The lowest BCUT2D eigenvalue weighted by Gasteiger charge is -2.06. The van der Waals surface area contributed by atoms with Crippen LogP contribution in [0.4, 0.5) is 5.69 Å². The number of benzene rings is 2. The summed E-state index contributed by atoms with van der Waals surface area (Å²) in [5.74, 6) is 0.689. The van der Waals surface area contributed by atoms with E-state index in [4.69, 9.17) is 9.47 Å². The summed E-state index contributed by atoms with van der Waals surface area (Å²) >= 11 is 0. The molecule has 0 unspecified atom stereocenters. The molecular weight excluding hydrogens is 348 g/mol. The average molecular weight is 360 g/mol. The van der Waals surface area contributed by atoms with E-state index in [0.717, 1.165) is 0 Å². The Labute approximate surface area is 153 Å². The lowest BCUT2D eigenvalue weighted by atomic mass is 10.1. The van der Waals surface area contributed by atoms with E-state index >= 15 is 0 Å². The van der Waals surface area contributed by atoms with Gasteiger partial charge in [-0.25, -0.2) is 4.68 Å². The number of nitriles is 1. The fraction of sp³-hybridized carbons (Fsp3) is 0.0556. The Morgan fingerprint density at radius 1 is 1.22 bits per heavy atom. The second-order valence-corrected chi connectivity index (χ2v) is 5.54. The molecule has 4 rings (SSSR count). The van der Waals surface area contributed by atoms with E-state index in [1.807, 2.05) is 6.07 Å². The van der Waals surface area contributed by atoms with Gasteiger partial charge in [0, 0.05) is 5.69 Å². The van der Waals surface area contributed by atoms with Crippen LogP contribution in [0.2, 0.25) is 0 Å². The minimum absolute atomic E-state index is 0.0401. The summed E-state index contributed by atoms with van der Waals surface area (Å²) in [6.45, 7) is 0.158. The van der Waals surface area contributed by atoms with Crippen LogP contribution in [0.25, 0.3) is 11.8 Å². The monoisotopic (exact) mass is 360 g/mol. The van der Waals surface area contributed by atoms with Crippen LogP contribution < -0.4 is 14.8 Å². The van der Waals surface area contributed by atoms with Crippen molar-refractivity contribution in [2.45, 2.75) is 0 Å². The molecule has 27 heavy (non-hydrogen) atoms. The molecule has 0 radical (unpaired) electrons. The second-order valence-electron chi connectivity index (χ2n) is 5.54. The Morgan fingerprint density at radius 2 is 2.11 bits per heavy atom. The summed E-state index contributed by atoms with van der Waals surface area (Å²) in [6.07, 6.45) is 2.93. The minimum atomic E-state index is -0.524. The predicted octanol–water partition coefficient (Wildman–Crippen LogP) is 1.94. The van der Waals surface area contributed by atoms with Gasteiger partial charge < -0.3 is 14.8 Å².